The van der Waals surface area contributed by atoms with Crippen molar-refractivity contribution in [2.45, 2.75) is 58.5 Å². The Morgan fingerprint density at radius 1 is 1.26 bits per heavy atom. The van der Waals surface area contributed by atoms with E-state index in [1.807, 2.05) is 13.0 Å². The molecule has 0 aliphatic heterocycles. The van der Waals surface area contributed by atoms with Gasteiger partial charge in [-0.25, -0.2) is 4.98 Å². The number of esters is 1. The summed E-state index contributed by atoms with van der Waals surface area (Å²) >= 11 is 0. The Balaban J connectivity index is 1.54. The number of nitrogens with one attached hydrogen (secondary N) is 2. The molecule has 9 nitrogen and oxygen atoms in total. The molecule has 0 spiro atoms. The molecule has 0 fully saturated rings. The van der Waals surface area contributed by atoms with Gasteiger partial charge in [-0.3, -0.25) is 14.4 Å². The van der Waals surface area contributed by atoms with E-state index >= 15 is 0 Å². The fourth-order valence-corrected chi connectivity index (χ4v) is 3.14. The third kappa shape index (κ3) is 6.24. The predicted octanol–water partition coefficient (Wildman–Crippen LogP) is 3.28. The molecule has 1 aromatic carbocycles. The maximum atomic E-state index is 12.5. The van der Waals surface area contributed by atoms with Gasteiger partial charge in [0.25, 0.3) is 11.5 Å². The fourth-order valence-electron chi connectivity index (χ4n) is 3.14. The van der Waals surface area contributed by atoms with Crippen molar-refractivity contribution < 1.29 is 18.8 Å². The number of fused-ring (bicyclic) bond motifs is 1. The lowest BCUT2D eigenvalue weighted by Crippen LogP contribution is -2.32. The lowest BCUT2D eigenvalue weighted by atomic mass is 10.1. The number of nitrogens with zero attached hydrogens (tertiary/aromatic N) is 2. The number of aryl methyl sites for hydroxylation is 2. The summed E-state index contributed by atoms with van der Waals surface area (Å²) in [7, 11) is 0. The van der Waals surface area contributed by atoms with E-state index in [4.69, 9.17) is 9.26 Å². The Kier molecular flexibility index (Phi) is 7.53. The number of amides is 1. The quantitative estimate of drug-likeness (QED) is 0.476. The molecule has 1 atom stereocenters. The minimum absolute atomic E-state index is 0.107. The Morgan fingerprint density at radius 3 is 2.81 bits per heavy atom. The summed E-state index contributed by atoms with van der Waals surface area (Å²) in [6.07, 6.45) is 2.09. The molecular weight excluding hydrogens is 400 g/mol. The molecule has 2 heterocycles. The van der Waals surface area contributed by atoms with Crippen molar-refractivity contribution in [2.24, 2.45) is 0 Å². The van der Waals surface area contributed by atoms with Gasteiger partial charge in [0.1, 0.15) is 11.6 Å². The van der Waals surface area contributed by atoms with Crippen LogP contribution in [0.4, 0.5) is 5.82 Å². The van der Waals surface area contributed by atoms with Crippen molar-refractivity contribution >= 4 is 28.6 Å². The maximum Gasteiger partial charge on any atom is 0.306 e. The van der Waals surface area contributed by atoms with Crippen LogP contribution in [0.25, 0.3) is 10.9 Å². The molecular formula is C22H26N4O5. The second-order valence-corrected chi connectivity index (χ2v) is 7.32. The van der Waals surface area contributed by atoms with E-state index in [2.05, 4.69) is 20.4 Å². The lowest BCUT2D eigenvalue weighted by molar-refractivity contribution is -0.154. The number of anilines is 1. The molecule has 1 amide bonds. The van der Waals surface area contributed by atoms with Gasteiger partial charge in [0.15, 0.2) is 11.9 Å². The molecule has 9 heteroatoms. The molecule has 1 unspecified atom stereocenters. The number of aromatic amines is 1. The van der Waals surface area contributed by atoms with Gasteiger partial charge < -0.3 is 19.6 Å². The number of hydrogen-bond acceptors (Lipinski definition) is 7. The summed E-state index contributed by atoms with van der Waals surface area (Å²) in [6.45, 7) is 3.71. The Hall–Kier alpha value is -3.49. The van der Waals surface area contributed by atoms with E-state index in [0.29, 0.717) is 41.8 Å². The van der Waals surface area contributed by atoms with Gasteiger partial charge in [0, 0.05) is 18.9 Å². The first-order chi connectivity index (χ1) is 15.0. The largest absolute Gasteiger partial charge is 0.452 e. The number of H-pyrrole nitrogens is 1. The van der Waals surface area contributed by atoms with Crippen LogP contribution in [0, 0.1) is 6.92 Å². The lowest BCUT2D eigenvalue weighted by Gasteiger charge is -2.16. The standard InChI is InChI=1S/C22H26N4O5/c1-3-4-10-17(22(29)25-19-13-14(2)31-26-19)30-20(27)12-7-11-18-23-16-9-6-5-8-15(16)21(28)24-18/h5-6,8-9,13,17H,3-4,7,10-12H2,1-2H3,(H,23,24,28)(H,25,26,29). The molecule has 0 aliphatic carbocycles. The summed E-state index contributed by atoms with van der Waals surface area (Å²) in [5.41, 5.74) is 0.408. The van der Waals surface area contributed by atoms with Gasteiger partial charge in [-0.15, -0.1) is 0 Å². The zero-order valence-corrected chi connectivity index (χ0v) is 17.6. The zero-order valence-electron chi connectivity index (χ0n) is 17.6. The third-order valence-electron chi connectivity index (χ3n) is 4.72. The van der Waals surface area contributed by atoms with Gasteiger partial charge in [0.2, 0.25) is 0 Å². The van der Waals surface area contributed by atoms with Crippen LogP contribution in [-0.4, -0.2) is 33.1 Å². The van der Waals surface area contributed by atoms with Gasteiger partial charge >= 0.3 is 5.97 Å². The number of carbonyl (C=O) groups excluding carboxylic acids is 2. The van der Waals surface area contributed by atoms with Gasteiger partial charge in [-0.1, -0.05) is 30.6 Å². The predicted molar refractivity (Wildman–Crippen MR) is 115 cm³/mol. The van der Waals surface area contributed by atoms with E-state index in [0.717, 1.165) is 12.8 Å². The Bertz CT molecular complexity index is 1100. The maximum absolute atomic E-state index is 12.5. The fraction of sp³-hybridized carbons (Fsp3) is 0.409. The summed E-state index contributed by atoms with van der Waals surface area (Å²) in [5, 5.41) is 6.86. The van der Waals surface area contributed by atoms with Crippen LogP contribution in [0.2, 0.25) is 0 Å². The van der Waals surface area contributed by atoms with E-state index in [1.165, 1.54) is 0 Å². The van der Waals surface area contributed by atoms with Crippen molar-refractivity contribution in [3.63, 3.8) is 0 Å². The molecule has 3 aromatic rings. The Labute approximate surface area is 179 Å². The van der Waals surface area contributed by atoms with E-state index in [-0.39, 0.29) is 17.8 Å². The van der Waals surface area contributed by atoms with Gasteiger partial charge in [-0.2, -0.15) is 0 Å². The topological polar surface area (TPSA) is 127 Å². The van der Waals surface area contributed by atoms with Crippen LogP contribution in [0.5, 0.6) is 0 Å². The van der Waals surface area contributed by atoms with Crippen LogP contribution < -0.4 is 10.9 Å². The van der Waals surface area contributed by atoms with Gasteiger partial charge in [0.05, 0.1) is 10.9 Å². The monoisotopic (exact) mass is 426 g/mol. The molecule has 164 valence electrons. The number of ether oxygens (including phenoxy) is 1. The van der Waals surface area contributed by atoms with Crippen molar-refractivity contribution in [2.75, 3.05) is 5.32 Å². The summed E-state index contributed by atoms with van der Waals surface area (Å²) in [5.74, 6) is 0.452. The highest BCUT2D eigenvalue weighted by Crippen LogP contribution is 2.13. The van der Waals surface area contributed by atoms with Crippen molar-refractivity contribution in [1.29, 1.82) is 0 Å². The number of carbonyl (C=O) groups is 2. The number of para-hydroxylation sites is 1. The molecule has 0 radical (unpaired) electrons. The molecule has 31 heavy (non-hydrogen) atoms. The number of benzene rings is 1. The smallest absolute Gasteiger partial charge is 0.306 e. The average Bonchev–Trinajstić information content (AvgIpc) is 3.15. The first-order valence-electron chi connectivity index (χ1n) is 10.4. The molecule has 2 aromatic heterocycles. The number of unbranched alkanes of at least 4 members (excludes halogenated alkanes) is 1. The van der Waals surface area contributed by atoms with Crippen molar-refractivity contribution in [1.82, 2.24) is 15.1 Å². The van der Waals surface area contributed by atoms with Crippen LogP contribution in [0.3, 0.4) is 0 Å². The van der Waals surface area contributed by atoms with E-state index < -0.39 is 18.0 Å². The van der Waals surface area contributed by atoms with E-state index in [1.54, 1.807) is 31.2 Å². The molecule has 0 saturated carbocycles. The SMILES string of the molecule is CCCCC(OC(=O)CCCc1nc2ccccc2c(=O)[nH]1)C(=O)Nc1cc(C)on1. The minimum Gasteiger partial charge on any atom is -0.452 e. The number of rotatable bonds is 10. The van der Waals surface area contributed by atoms with Crippen LogP contribution in [0.1, 0.15) is 50.6 Å². The average molecular weight is 426 g/mol. The minimum atomic E-state index is -0.900. The molecule has 0 bridgehead atoms. The van der Waals surface area contributed by atoms with Crippen LogP contribution in [-0.2, 0) is 20.7 Å². The van der Waals surface area contributed by atoms with E-state index in [9.17, 15) is 14.4 Å². The first kappa shape index (κ1) is 22.2. The number of aromatic nitrogens is 3. The normalized spacial score (nSPS) is 11.9. The highest BCUT2D eigenvalue weighted by atomic mass is 16.5. The zero-order chi connectivity index (χ0) is 22.2. The highest BCUT2D eigenvalue weighted by Gasteiger charge is 2.23. The van der Waals surface area contributed by atoms with Gasteiger partial charge in [-0.05, 0) is 38.3 Å². The van der Waals surface area contributed by atoms with Crippen LogP contribution in [0.15, 0.2) is 39.6 Å². The first-order valence-corrected chi connectivity index (χ1v) is 10.4. The second kappa shape index (κ2) is 10.5. The molecule has 3 rings (SSSR count). The van der Waals surface area contributed by atoms with Crippen molar-refractivity contribution in [3.8, 4) is 0 Å². The number of hydrogen-bond donors (Lipinski definition) is 2. The third-order valence-corrected chi connectivity index (χ3v) is 4.72. The molecule has 0 saturated heterocycles. The van der Waals surface area contributed by atoms with Crippen molar-refractivity contribution in [3.05, 3.63) is 52.3 Å². The summed E-state index contributed by atoms with van der Waals surface area (Å²) in [6, 6.07) is 8.68. The summed E-state index contributed by atoms with van der Waals surface area (Å²) < 4.78 is 10.4. The molecule has 0 aliphatic rings. The van der Waals surface area contributed by atoms with Crippen LogP contribution >= 0.6 is 0 Å². The molecule has 2 N–H and O–H groups in total. The Morgan fingerprint density at radius 2 is 2.06 bits per heavy atom. The summed E-state index contributed by atoms with van der Waals surface area (Å²) in [4.78, 5) is 44.1. The highest BCUT2D eigenvalue weighted by molar-refractivity contribution is 5.94. The second-order valence-electron chi connectivity index (χ2n) is 7.32.